The average Bonchev–Trinajstić information content (AvgIpc) is 2.36. The number of benzene rings is 1. The Morgan fingerprint density at radius 3 is 2.53 bits per heavy atom. The van der Waals surface area contributed by atoms with E-state index in [1.807, 2.05) is 0 Å². The molecular formula is C12H13F3O4. The Morgan fingerprint density at radius 2 is 2.05 bits per heavy atom. The zero-order chi connectivity index (χ0) is 14.6. The van der Waals surface area contributed by atoms with Crippen molar-refractivity contribution in [2.24, 2.45) is 0 Å². The van der Waals surface area contributed by atoms with E-state index >= 15 is 0 Å². The summed E-state index contributed by atoms with van der Waals surface area (Å²) in [5, 5.41) is 9.61. The minimum atomic E-state index is -4.71. The van der Waals surface area contributed by atoms with Crippen LogP contribution in [-0.4, -0.2) is 24.8 Å². The van der Waals surface area contributed by atoms with Crippen molar-refractivity contribution in [2.75, 3.05) is 13.7 Å². The zero-order valence-electron chi connectivity index (χ0n) is 10.3. The van der Waals surface area contributed by atoms with Crippen molar-refractivity contribution in [1.29, 1.82) is 0 Å². The molecule has 0 saturated heterocycles. The summed E-state index contributed by atoms with van der Waals surface area (Å²) >= 11 is 0. The molecule has 4 nitrogen and oxygen atoms in total. The van der Waals surface area contributed by atoms with Crippen molar-refractivity contribution in [3.63, 3.8) is 0 Å². The molecule has 1 atom stereocenters. The number of alkyl halides is 3. The monoisotopic (exact) mass is 278 g/mol. The van der Waals surface area contributed by atoms with Gasteiger partial charge in [-0.2, -0.15) is 13.2 Å². The van der Waals surface area contributed by atoms with Gasteiger partial charge >= 0.3 is 12.1 Å². The normalized spacial score (nSPS) is 12.9. The van der Waals surface area contributed by atoms with Gasteiger partial charge in [-0.05, 0) is 19.1 Å². The Morgan fingerprint density at radius 1 is 1.42 bits per heavy atom. The molecule has 0 aliphatic heterocycles. The molecule has 0 aromatic heterocycles. The molecule has 1 aromatic rings. The van der Waals surface area contributed by atoms with Crippen LogP contribution in [0.1, 0.15) is 24.2 Å². The van der Waals surface area contributed by atoms with Crippen molar-refractivity contribution in [1.82, 2.24) is 0 Å². The van der Waals surface area contributed by atoms with Gasteiger partial charge in [0.05, 0.1) is 19.3 Å². The summed E-state index contributed by atoms with van der Waals surface area (Å²) in [5.74, 6) is -1.15. The summed E-state index contributed by atoms with van der Waals surface area (Å²) in [4.78, 5) is 11.3. The Bertz CT molecular complexity index is 457. The number of esters is 1. The highest BCUT2D eigenvalue weighted by Crippen LogP contribution is 2.37. The maximum atomic E-state index is 12.9. The first-order chi connectivity index (χ1) is 8.81. The van der Waals surface area contributed by atoms with Crippen molar-refractivity contribution in [2.45, 2.75) is 19.2 Å². The molecule has 106 valence electrons. The number of ether oxygens (including phenoxy) is 2. The van der Waals surface area contributed by atoms with Gasteiger partial charge in [0.15, 0.2) is 6.10 Å². The highest BCUT2D eigenvalue weighted by Gasteiger charge is 2.37. The van der Waals surface area contributed by atoms with E-state index < -0.39 is 29.4 Å². The molecule has 0 bridgehead atoms. The second-order valence-electron chi connectivity index (χ2n) is 3.61. The quantitative estimate of drug-likeness (QED) is 0.859. The molecule has 1 rings (SSSR count). The SMILES string of the molecule is CCOC(=O)C(O)c1ccc(OC)cc1C(F)(F)F. The van der Waals surface area contributed by atoms with Crippen LogP contribution in [0.3, 0.4) is 0 Å². The van der Waals surface area contributed by atoms with E-state index in [2.05, 4.69) is 4.74 Å². The molecule has 1 unspecified atom stereocenters. The number of aliphatic hydroxyl groups excluding tert-OH is 1. The Kier molecular flexibility index (Phi) is 4.77. The predicted molar refractivity (Wildman–Crippen MR) is 59.6 cm³/mol. The molecule has 1 aromatic carbocycles. The van der Waals surface area contributed by atoms with Gasteiger partial charge in [-0.25, -0.2) is 4.79 Å². The number of hydrogen-bond acceptors (Lipinski definition) is 4. The van der Waals surface area contributed by atoms with E-state index in [0.717, 1.165) is 12.1 Å². The Hall–Kier alpha value is -1.76. The lowest BCUT2D eigenvalue weighted by Crippen LogP contribution is -2.20. The molecule has 0 fully saturated rings. The lowest BCUT2D eigenvalue weighted by molar-refractivity contribution is -0.155. The van der Waals surface area contributed by atoms with E-state index in [9.17, 15) is 23.1 Å². The highest BCUT2D eigenvalue weighted by atomic mass is 19.4. The summed E-state index contributed by atoms with van der Waals surface area (Å²) < 4.78 is 47.8. The van der Waals surface area contributed by atoms with Crippen LogP contribution in [0.5, 0.6) is 5.75 Å². The zero-order valence-corrected chi connectivity index (χ0v) is 10.3. The summed E-state index contributed by atoms with van der Waals surface area (Å²) in [6.07, 6.45) is -6.69. The molecule has 0 radical (unpaired) electrons. The fourth-order valence-corrected chi connectivity index (χ4v) is 1.49. The first-order valence-corrected chi connectivity index (χ1v) is 5.41. The molecule has 0 heterocycles. The van der Waals surface area contributed by atoms with Gasteiger partial charge in [-0.15, -0.1) is 0 Å². The number of aliphatic hydroxyl groups is 1. The minimum Gasteiger partial charge on any atom is -0.497 e. The largest absolute Gasteiger partial charge is 0.497 e. The van der Waals surface area contributed by atoms with Crippen LogP contribution in [0.4, 0.5) is 13.2 Å². The van der Waals surface area contributed by atoms with Crippen LogP contribution in [0.25, 0.3) is 0 Å². The van der Waals surface area contributed by atoms with Crippen molar-refractivity contribution < 1.29 is 32.5 Å². The van der Waals surface area contributed by atoms with Gasteiger partial charge < -0.3 is 14.6 Å². The number of halogens is 3. The summed E-state index contributed by atoms with van der Waals surface area (Å²) in [6, 6.07) is 2.94. The number of hydrogen-bond donors (Lipinski definition) is 1. The van der Waals surface area contributed by atoms with E-state index in [4.69, 9.17) is 4.74 Å². The van der Waals surface area contributed by atoms with E-state index in [1.54, 1.807) is 0 Å². The first kappa shape index (κ1) is 15.3. The van der Waals surface area contributed by atoms with E-state index in [0.29, 0.717) is 0 Å². The molecule has 0 amide bonds. The Balaban J connectivity index is 3.23. The number of carbonyl (C=O) groups excluding carboxylic acids is 1. The first-order valence-electron chi connectivity index (χ1n) is 5.41. The molecular weight excluding hydrogens is 265 g/mol. The lowest BCUT2D eigenvalue weighted by atomic mass is 10.0. The van der Waals surface area contributed by atoms with Crippen LogP contribution in [0.2, 0.25) is 0 Å². The predicted octanol–water partition coefficient (Wildman–Crippen LogP) is 2.31. The molecule has 1 N–H and O–H groups in total. The van der Waals surface area contributed by atoms with Crippen molar-refractivity contribution >= 4 is 5.97 Å². The second kappa shape index (κ2) is 5.92. The van der Waals surface area contributed by atoms with Gasteiger partial charge in [0, 0.05) is 5.56 Å². The average molecular weight is 278 g/mol. The molecule has 0 aliphatic rings. The van der Waals surface area contributed by atoms with Gasteiger partial charge in [0.25, 0.3) is 0 Å². The number of carbonyl (C=O) groups is 1. The molecule has 19 heavy (non-hydrogen) atoms. The Labute approximate surface area is 107 Å². The van der Waals surface area contributed by atoms with Crippen LogP contribution < -0.4 is 4.74 Å². The summed E-state index contributed by atoms with van der Waals surface area (Å²) in [6.45, 7) is 1.46. The van der Waals surface area contributed by atoms with Crippen LogP contribution >= 0.6 is 0 Å². The number of methoxy groups -OCH3 is 1. The summed E-state index contributed by atoms with van der Waals surface area (Å²) in [5.41, 5.74) is -1.70. The third kappa shape index (κ3) is 3.60. The maximum Gasteiger partial charge on any atom is 0.416 e. The van der Waals surface area contributed by atoms with Gasteiger partial charge in [0.1, 0.15) is 5.75 Å². The lowest BCUT2D eigenvalue weighted by Gasteiger charge is -2.17. The van der Waals surface area contributed by atoms with Gasteiger partial charge in [-0.1, -0.05) is 6.07 Å². The fourth-order valence-electron chi connectivity index (χ4n) is 1.49. The number of rotatable bonds is 4. The molecule has 7 heteroatoms. The topological polar surface area (TPSA) is 55.8 Å². The second-order valence-corrected chi connectivity index (χ2v) is 3.61. The standard InChI is InChI=1S/C12H13F3O4/c1-3-19-11(17)10(16)8-5-4-7(18-2)6-9(8)12(13,14)15/h4-6,10,16H,3H2,1-2H3. The third-order valence-electron chi connectivity index (χ3n) is 2.37. The van der Waals surface area contributed by atoms with Crippen molar-refractivity contribution in [3.05, 3.63) is 29.3 Å². The highest BCUT2D eigenvalue weighted by molar-refractivity contribution is 5.77. The van der Waals surface area contributed by atoms with Crippen LogP contribution in [0.15, 0.2) is 18.2 Å². The smallest absolute Gasteiger partial charge is 0.416 e. The van der Waals surface area contributed by atoms with Gasteiger partial charge in [0.2, 0.25) is 0 Å². The van der Waals surface area contributed by atoms with E-state index in [-0.39, 0.29) is 12.4 Å². The van der Waals surface area contributed by atoms with Crippen LogP contribution in [-0.2, 0) is 15.7 Å². The van der Waals surface area contributed by atoms with E-state index in [1.165, 1.54) is 20.1 Å². The summed E-state index contributed by atoms with van der Waals surface area (Å²) in [7, 11) is 1.22. The third-order valence-corrected chi connectivity index (χ3v) is 2.37. The van der Waals surface area contributed by atoms with Crippen LogP contribution in [0, 0.1) is 0 Å². The van der Waals surface area contributed by atoms with Gasteiger partial charge in [-0.3, -0.25) is 0 Å². The minimum absolute atomic E-state index is 0.0212. The maximum absolute atomic E-state index is 12.9. The molecule has 0 spiro atoms. The molecule has 0 aliphatic carbocycles. The molecule has 0 saturated carbocycles. The van der Waals surface area contributed by atoms with Crippen molar-refractivity contribution in [3.8, 4) is 5.75 Å². The fraction of sp³-hybridized carbons (Fsp3) is 0.417.